The summed E-state index contributed by atoms with van der Waals surface area (Å²) in [5.41, 5.74) is 0. The van der Waals surface area contributed by atoms with Gasteiger partial charge in [0, 0.05) is 13.0 Å². The van der Waals surface area contributed by atoms with E-state index in [9.17, 15) is 4.39 Å². The van der Waals surface area contributed by atoms with Crippen LogP contribution in [0.5, 0.6) is 0 Å². The van der Waals surface area contributed by atoms with E-state index in [1.165, 1.54) is 11.1 Å². The van der Waals surface area contributed by atoms with Gasteiger partial charge in [-0.3, -0.25) is 0 Å². The van der Waals surface area contributed by atoms with Crippen molar-refractivity contribution in [3.63, 3.8) is 0 Å². The van der Waals surface area contributed by atoms with Gasteiger partial charge in [0.1, 0.15) is 6.17 Å². The summed E-state index contributed by atoms with van der Waals surface area (Å²) in [7, 11) is 1.54. The van der Waals surface area contributed by atoms with Crippen molar-refractivity contribution in [2.24, 2.45) is 5.92 Å². The van der Waals surface area contributed by atoms with Gasteiger partial charge >= 0.3 is 0 Å². The third-order valence-corrected chi connectivity index (χ3v) is 1.63. The molecule has 2 atom stereocenters. The predicted octanol–water partition coefficient (Wildman–Crippen LogP) is 2.68. The number of ether oxygens (including phenoxy) is 1. The van der Waals surface area contributed by atoms with Gasteiger partial charge in [0.2, 0.25) is 0 Å². The zero-order chi connectivity index (χ0) is 8.69. The molecule has 2 unspecified atom stereocenters. The highest BCUT2D eigenvalue weighted by molar-refractivity contribution is 9.11. The normalized spacial score (nSPS) is 16.6. The summed E-state index contributed by atoms with van der Waals surface area (Å²) in [6.45, 7) is 3.88. The van der Waals surface area contributed by atoms with Crippen molar-refractivity contribution < 1.29 is 9.13 Å². The van der Waals surface area contributed by atoms with Crippen LogP contribution in [0.25, 0.3) is 0 Å². The zero-order valence-electron chi connectivity index (χ0n) is 6.47. The fraction of sp³-hybridized carbons (Fsp3) is 0.500. The molecule has 0 aromatic heterocycles. The maximum absolute atomic E-state index is 13.0. The average Bonchev–Trinajstić information content (AvgIpc) is 2.00. The second-order valence-electron chi connectivity index (χ2n) is 2.12. The molecular weight excluding hydrogens is 211 g/mol. The lowest BCUT2D eigenvalue weighted by atomic mass is 10.1. The van der Waals surface area contributed by atoms with Crippen LogP contribution in [-0.2, 0) is 4.74 Å². The van der Waals surface area contributed by atoms with Crippen molar-refractivity contribution >= 4 is 15.9 Å². The molecule has 0 fully saturated rings. The van der Waals surface area contributed by atoms with Crippen molar-refractivity contribution in [2.45, 2.75) is 6.17 Å². The zero-order valence-corrected chi connectivity index (χ0v) is 8.05. The minimum absolute atomic E-state index is 0.256. The second kappa shape index (κ2) is 6.55. The molecule has 64 valence electrons. The van der Waals surface area contributed by atoms with Crippen LogP contribution in [0, 0.1) is 5.92 Å². The summed E-state index contributed by atoms with van der Waals surface area (Å²) in [5.74, 6) is -0.256. The van der Waals surface area contributed by atoms with Crippen molar-refractivity contribution in [3.8, 4) is 0 Å². The highest BCUT2D eigenvalue weighted by atomic mass is 79.9. The highest BCUT2D eigenvalue weighted by Crippen LogP contribution is 2.11. The Bertz CT molecular complexity index is 136. The predicted molar refractivity (Wildman–Crippen MR) is 48.5 cm³/mol. The van der Waals surface area contributed by atoms with Gasteiger partial charge in [0.15, 0.2) is 0 Å². The molecule has 11 heavy (non-hydrogen) atoms. The lowest BCUT2D eigenvalue weighted by Gasteiger charge is -2.12. The van der Waals surface area contributed by atoms with Crippen LogP contribution >= 0.6 is 15.9 Å². The molecule has 1 nitrogen and oxygen atoms in total. The van der Waals surface area contributed by atoms with E-state index < -0.39 is 6.17 Å². The van der Waals surface area contributed by atoms with Gasteiger partial charge in [-0.05, 0) is 11.1 Å². The van der Waals surface area contributed by atoms with Crippen molar-refractivity contribution in [2.75, 3.05) is 13.7 Å². The Morgan fingerprint density at radius 3 is 2.73 bits per heavy atom. The topological polar surface area (TPSA) is 9.23 Å². The van der Waals surface area contributed by atoms with E-state index in [-0.39, 0.29) is 5.92 Å². The Morgan fingerprint density at radius 1 is 1.73 bits per heavy atom. The smallest absolute Gasteiger partial charge is 0.127 e. The van der Waals surface area contributed by atoms with Crippen molar-refractivity contribution in [3.05, 3.63) is 23.7 Å². The standard InChI is InChI=1S/C8H12BrFO/c1-3-7(6-11-2)8(10)4-5-9/h3-5,7-8H,1,6H2,2H3/b5-4+. The minimum Gasteiger partial charge on any atom is -0.384 e. The molecule has 0 aliphatic carbocycles. The lowest BCUT2D eigenvalue weighted by Crippen LogP contribution is -2.16. The van der Waals surface area contributed by atoms with E-state index >= 15 is 0 Å². The van der Waals surface area contributed by atoms with Gasteiger partial charge in [-0.2, -0.15) is 0 Å². The van der Waals surface area contributed by atoms with Gasteiger partial charge in [-0.25, -0.2) is 4.39 Å². The van der Waals surface area contributed by atoms with E-state index in [1.54, 1.807) is 13.2 Å². The average molecular weight is 223 g/mol. The van der Waals surface area contributed by atoms with E-state index in [1.807, 2.05) is 0 Å². The Hall–Kier alpha value is -0.150. The van der Waals surface area contributed by atoms with Crippen LogP contribution in [0.4, 0.5) is 4.39 Å². The highest BCUT2D eigenvalue weighted by Gasteiger charge is 2.13. The molecule has 0 aromatic carbocycles. The summed E-state index contributed by atoms with van der Waals surface area (Å²) in [5, 5.41) is 0. The summed E-state index contributed by atoms with van der Waals surface area (Å²) >= 11 is 3.00. The third-order valence-electron chi connectivity index (χ3n) is 1.33. The number of hydrogen-bond donors (Lipinski definition) is 0. The van der Waals surface area contributed by atoms with Gasteiger partial charge in [-0.1, -0.05) is 22.0 Å². The molecule has 0 bridgehead atoms. The van der Waals surface area contributed by atoms with Crippen LogP contribution in [0.3, 0.4) is 0 Å². The first-order chi connectivity index (χ1) is 5.26. The molecule has 0 aliphatic rings. The van der Waals surface area contributed by atoms with Crippen molar-refractivity contribution in [1.82, 2.24) is 0 Å². The van der Waals surface area contributed by atoms with Crippen LogP contribution in [0.1, 0.15) is 0 Å². The first kappa shape index (κ1) is 10.8. The summed E-state index contributed by atoms with van der Waals surface area (Å²) in [4.78, 5) is 1.50. The molecule has 0 aliphatic heterocycles. The molecule has 0 amide bonds. The summed E-state index contributed by atoms with van der Waals surface area (Å²) < 4.78 is 17.8. The Balaban J connectivity index is 3.90. The third kappa shape index (κ3) is 4.32. The molecule has 0 radical (unpaired) electrons. The number of hydrogen-bond acceptors (Lipinski definition) is 1. The van der Waals surface area contributed by atoms with Crippen LogP contribution in [0.2, 0.25) is 0 Å². The maximum atomic E-state index is 13.0. The van der Waals surface area contributed by atoms with E-state index in [0.29, 0.717) is 6.61 Å². The Kier molecular flexibility index (Phi) is 6.46. The molecule has 0 N–H and O–H groups in total. The Morgan fingerprint density at radius 2 is 2.36 bits per heavy atom. The second-order valence-corrected chi connectivity index (χ2v) is 2.65. The van der Waals surface area contributed by atoms with E-state index in [2.05, 4.69) is 22.5 Å². The Labute approximate surface area is 75.1 Å². The maximum Gasteiger partial charge on any atom is 0.127 e. The monoisotopic (exact) mass is 222 g/mol. The molecule has 0 spiro atoms. The number of allylic oxidation sites excluding steroid dienone is 1. The quantitative estimate of drug-likeness (QED) is 0.651. The lowest BCUT2D eigenvalue weighted by molar-refractivity contribution is 0.139. The molecule has 3 heteroatoms. The van der Waals surface area contributed by atoms with E-state index in [0.717, 1.165) is 0 Å². The SMILES string of the molecule is C=CC(COC)C(F)/C=C/Br. The fourth-order valence-electron chi connectivity index (χ4n) is 0.695. The van der Waals surface area contributed by atoms with Crippen molar-refractivity contribution in [1.29, 1.82) is 0 Å². The van der Waals surface area contributed by atoms with Crippen LogP contribution < -0.4 is 0 Å². The number of rotatable bonds is 5. The molecule has 0 saturated carbocycles. The fourth-order valence-corrected chi connectivity index (χ4v) is 0.986. The van der Waals surface area contributed by atoms with Gasteiger partial charge < -0.3 is 4.74 Å². The summed E-state index contributed by atoms with van der Waals surface area (Å²) in [6.07, 6.45) is 1.96. The summed E-state index contributed by atoms with van der Waals surface area (Å²) in [6, 6.07) is 0. The van der Waals surface area contributed by atoms with Crippen LogP contribution in [-0.4, -0.2) is 19.9 Å². The van der Waals surface area contributed by atoms with E-state index in [4.69, 9.17) is 4.74 Å². The van der Waals surface area contributed by atoms with Gasteiger partial charge in [-0.15, -0.1) is 6.58 Å². The number of halogens is 2. The first-order valence-electron chi connectivity index (χ1n) is 3.28. The van der Waals surface area contributed by atoms with Gasteiger partial charge in [0.25, 0.3) is 0 Å². The molecule has 0 saturated heterocycles. The first-order valence-corrected chi connectivity index (χ1v) is 4.20. The van der Waals surface area contributed by atoms with Crippen LogP contribution in [0.15, 0.2) is 23.7 Å². The number of methoxy groups -OCH3 is 1. The molecule has 0 heterocycles. The molecular formula is C8H12BrFO. The minimum atomic E-state index is -1.02. The van der Waals surface area contributed by atoms with Gasteiger partial charge in [0.05, 0.1) is 6.61 Å². The number of alkyl halides is 1. The molecule has 0 aromatic rings. The molecule has 0 rings (SSSR count). The largest absolute Gasteiger partial charge is 0.384 e.